The van der Waals surface area contributed by atoms with Gasteiger partial charge in [-0.1, -0.05) is 12.5 Å². The van der Waals surface area contributed by atoms with E-state index < -0.39 is 0 Å². The van der Waals surface area contributed by atoms with Crippen molar-refractivity contribution in [2.75, 3.05) is 0 Å². The van der Waals surface area contributed by atoms with Crippen molar-refractivity contribution in [3.05, 3.63) is 11.8 Å². The standard InChI is InChI=1S/C6H13N3/c1-3-5(2)4-9-6(7)8/h4H,3H2,1-2H3,(H4,7,8,9)/b5-4+. The highest BCUT2D eigenvalue weighted by molar-refractivity contribution is 5.75. The molecule has 0 saturated carbocycles. The van der Waals surface area contributed by atoms with Gasteiger partial charge in [-0.05, 0) is 13.3 Å². The molecule has 0 aromatic heterocycles. The average Bonchev–Trinajstić information content (AvgIpc) is 1.83. The Morgan fingerprint density at radius 1 is 1.78 bits per heavy atom. The SMILES string of the molecule is CC/C(C)=C/NC(=N)N. The molecule has 9 heavy (non-hydrogen) atoms. The van der Waals surface area contributed by atoms with Crippen molar-refractivity contribution in [1.82, 2.24) is 5.32 Å². The fourth-order valence-electron chi connectivity index (χ4n) is 0.303. The average molecular weight is 127 g/mol. The van der Waals surface area contributed by atoms with Crippen LogP contribution in [0.25, 0.3) is 0 Å². The van der Waals surface area contributed by atoms with Gasteiger partial charge in [-0.3, -0.25) is 5.41 Å². The summed E-state index contributed by atoms with van der Waals surface area (Å²) < 4.78 is 0. The van der Waals surface area contributed by atoms with Gasteiger partial charge in [-0.15, -0.1) is 0 Å². The monoisotopic (exact) mass is 127 g/mol. The molecule has 52 valence electrons. The number of allylic oxidation sites excluding steroid dienone is 1. The third kappa shape index (κ3) is 4.87. The van der Waals surface area contributed by atoms with Gasteiger partial charge in [0.1, 0.15) is 0 Å². The van der Waals surface area contributed by atoms with Crippen molar-refractivity contribution in [3.63, 3.8) is 0 Å². The molecule has 0 spiro atoms. The first kappa shape index (κ1) is 8.01. The number of guanidine groups is 1. The number of rotatable bonds is 2. The molecule has 3 nitrogen and oxygen atoms in total. The van der Waals surface area contributed by atoms with Crippen molar-refractivity contribution < 1.29 is 0 Å². The van der Waals surface area contributed by atoms with Crippen LogP contribution in [-0.2, 0) is 0 Å². The molecule has 0 atom stereocenters. The maximum atomic E-state index is 6.78. The zero-order valence-corrected chi connectivity index (χ0v) is 5.86. The second-order valence-electron chi connectivity index (χ2n) is 1.90. The molecule has 4 N–H and O–H groups in total. The molecule has 0 rings (SSSR count). The first-order valence-electron chi connectivity index (χ1n) is 2.93. The largest absolute Gasteiger partial charge is 0.370 e. The Morgan fingerprint density at radius 3 is 2.67 bits per heavy atom. The second kappa shape index (κ2) is 3.95. The van der Waals surface area contributed by atoms with Crippen LogP contribution >= 0.6 is 0 Å². The van der Waals surface area contributed by atoms with Gasteiger partial charge < -0.3 is 11.1 Å². The fraction of sp³-hybridized carbons (Fsp3) is 0.500. The topological polar surface area (TPSA) is 61.9 Å². The van der Waals surface area contributed by atoms with E-state index in [1.54, 1.807) is 6.20 Å². The van der Waals surface area contributed by atoms with E-state index in [0.29, 0.717) is 0 Å². The van der Waals surface area contributed by atoms with Crippen molar-refractivity contribution >= 4 is 5.96 Å². The van der Waals surface area contributed by atoms with E-state index in [1.807, 2.05) is 13.8 Å². The molecule has 0 radical (unpaired) electrons. The number of hydrogen-bond donors (Lipinski definition) is 3. The highest BCUT2D eigenvalue weighted by Crippen LogP contribution is 1.93. The first-order chi connectivity index (χ1) is 4.16. The van der Waals surface area contributed by atoms with Crippen LogP contribution in [-0.4, -0.2) is 5.96 Å². The molecule has 0 unspecified atom stereocenters. The predicted molar refractivity (Wildman–Crippen MR) is 39.1 cm³/mol. The lowest BCUT2D eigenvalue weighted by atomic mass is 10.3. The van der Waals surface area contributed by atoms with Gasteiger partial charge in [0, 0.05) is 6.20 Å². The molecular weight excluding hydrogens is 114 g/mol. The van der Waals surface area contributed by atoms with Crippen molar-refractivity contribution in [2.45, 2.75) is 20.3 Å². The summed E-state index contributed by atoms with van der Waals surface area (Å²) in [6, 6.07) is 0. The Morgan fingerprint density at radius 2 is 2.33 bits per heavy atom. The van der Waals surface area contributed by atoms with E-state index in [1.165, 1.54) is 5.57 Å². The summed E-state index contributed by atoms with van der Waals surface area (Å²) in [7, 11) is 0. The van der Waals surface area contributed by atoms with Gasteiger partial charge in [-0.25, -0.2) is 0 Å². The normalized spacial score (nSPS) is 11.1. The number of nitrogens with one attached hydrogen (secondary N) is 2. The van der Waals surface area contributed by atoms with Crippen molar-refractivity contribution in [1.29, 1.82) is 5.41 Å². The minimum atomic E-state index is -0.0113. The van der Waals surface area contributed by atoms with Crippen LogP contribution in [0.3, 0.4) is 0 Å². The van der Waals surface area contributed by atoms with Crippen LogP contribution in [0, 0.1) is 5.41 Å². The fourth-order valence-corrected chi connectivity index (χ4v) is 0.303. The van der Waals surface area contributed by atoms with Crippen LogP contribution in [0.4, 0.5) is 0 Å². The van der Waals surface area contributed by atoms with Crippen LogP contribution in [0.2, 0.25) is 0 Å². The van der Waals surface area contributed by atoms with Crippen LogP contribution < -0.4 is 11.1 Å². The van der Waals surface area contributed by atoms with Gasteiger partial charge >= 0.3 is 0 Å². The summed E-state index contributed by atoms with van der Waals surface area (Å²) >= 11 is 0. The lowest BCUT2D eigenvalue weighted by Crippen LogP contribution is -2.25. The van der Waals surface area contributed by atoms with Gasteiger partial charge in [0.05, 0.1) is 0 Å². The predicted octanol–water partition coefficient (Wildman–Crippen LogP) is 0.783. The molecule has 3 heteroatoms. The summed E-state index contributed by atoms with van der Waals surface area (Å²) in [6.45, 7) is 4.03. The molecule has 0 aromatic carbocycles. The summed E-state index contributed by atoms with van der Waals surface area (Å²) in [5.41, 5.74) is 6.21. The van der Waals surface area contributed by atoms with E-state index in [4.69, 9.17) is 11.1 Å². The smallest absolute Gasteiger partial charge is 0.189 e. The summed E-state index contributed by atoms with van der Waals surface area (Å²) in [5.74, 6) is -0.0113. The Kier molecular flexibility index (Phi) is 3.51. The zero-order chi connectivity index (χ0) is 7.28. The molecule has 0 saturated heterocycles. The van der Waals surface area contributed by atoms with E-state index in [9.17, 15) is 0 Å². The minimum Gasteiger partial charge on any atom is -0.370 e. The summed E-state index contributed by atoms with van der Waals surface area (Å²) in [6.07, 6.45) is 2.72. The highest BCUT2D eigenvalue weighted by Gasteiger charge is 1.82. The van der Waals surface area contributed by atoms with Gasteiger partial charge in [0.15, 0.2) is 5.96 Å². The van der Waals surface area contributed by atoms with E-state index >= 15 is 0 Å². The van der Waals surface area contributed by atoms with E-state index in [2.05, 4.69) is 5.32 Å². The zero-order valence-electron chi connectivity index (χ0n) is 5.86. The van der Waals surface area contributed by atoms with Crippen LogP contribution in [0.1, 0.15) is 20.3 Å². The van der Waals surface area contributed by atoms with Gasteiger partial charge in [-0.2, -0.15) is 0 Å². The molecule has 0 aromatic rings. The van der Waals surface area contributed by atoms with Gasteiger partial charge in [0.2, 0.25) is 0 Å². The van der Waals surface area contributed by atoms with Gasteiger partial charge in [0.25, 0.3) is 0 Å². The third-order valence-corrected chi connectivity index (χ3v) is 1.03. The Hall–Kier alpha value is -0.990. The third-order valence-electron chi connectivity index (χ3n) is 1.03. The quantitative estimate of drug-likeness (QED) is 0.379. The minimum absolute atomic E-state index is 0.0113. The molecule has 0 aliphatic rings. The lowest BCUT2D eigenvalue weighted by molar-refractivity contribution is 1.05. The van der Waals surface area contributed by atoms with Crippen molar-refractivity contribution in [3.8, 4) is 0 Å². The molecule has 0 fully saturated rings. The van der Waals surface area contributed by atoms with Crippen molar-refractivity contribution in [2.24, 2.45) is 5.73 Å². The second-order valence-corrected chi connectivity index (χ2v) is 1.90. The molecule has 0 aliphatic heterocycles. The highest BCUT2D eigenvalue weighted by atomic mass is 15.0. The Bertz CT molecular complexity index is 126. The van der Waals surface area contributed by atoms with Crippen LogP contribution in [0.5, 0.6) is 0 Å². The van der Waals surface area contributed by atoms with E-state index in [-0.39, 0.29) is 5.96 Å². The first-order valence-corrected chi connectivity index (χ1v) is 2.93. The maximum absolute atomic E-state index is 6.78. The molecule has 0 amide bonds. The maximum Gasteiger partial charge on any atom is 0.189 e. The number of nitrogens with two attached hydrogens (primary N) is 1. The summed E-state index contributed by atoms with van der Waals surface area (Å²) in [4.78, 5) is 0. The Balaban J connectivity index is 3.56. The van der Waals surface area contributed by atoms with E-state index in [0.717, 1.165) is 6.42 Å². The van der Waals surface area contributed by atoms with Crippen LogP contribution in [0.15, 0.2) is 11.8 Å². The summed E-state index contributed by atoms with van der Waals surface area (Å²) in [5, 5.41) is 9.38. The molecule has 0 heterocycles. The molecule has 0 aliphatic carbocycles. The molecule has 0 bridgehead atoms. The Labute approximate surface area is 55.4 Å². The number of hydrogen-bond acceptors (Lipinski definition) is 1. The molecular formula is C6H13N3. The lowest BCUT2D eigenvalue weighted by Gasteiger charge is -1.96.